The lowest BCUT2D eigenvalue weighted by atomic mass is 9.90. The summed E-state index contributed by atoms with van der Waals surface area (Å²) in [5.41, 5.74) is 9.22. The average Bonchev–Trinajstić information content (AvgIpc) is 2.47. The van der Waals surface area contributed by atoms with E-state index in [0.717, 1.165) is 24.9 Å². The van der Waals surface area contributed by atoms with Gasteiger partial charge in [-0.05, 0) is 42.9 Å². The quantitative estimate of drug-likeness (QED) is 0.874. The van der Waals surface area contributed by atoms with E-state index in [1.807, 2.05) is 12.1 Å². The first kappa shape index (κ1) is 12.6. The third-order valence-corrected chi connectivity index (χ3v) is 3.53. The van der Waals surface area contributed by atoms with E-state index in [-0.39, 0.29) is 17.4 Å². The van der Waals surface area contributed by atoms with Crippen molar-refractivity contribution in [3.63, 3.8) is 0 Å². The fraction of sp³-hybridized carbons (Fsp3) is 0.267. The third kappa shape index (κ3) is 2.47. The van der Waals surface area contributed by atoms with Crippen LogP contribution in [-0.4, -0.2) is 15.9 Å². The number of aryl methyl sites for hydroxylation is 1. The number of amides is 1. The summed E-state index contributed by atoms with van der Waals surface area (Å²) in [6, 6.07) is 6.04. The van der Waals surface area contributed by atoms with E-state index in [0.29, 0.717) is 0 Å². The molecule has 20 heavy (non-hydrogen) atoms. The molecule has 1 amide bonds. The van der Waals surface area contributed by atoms with Gasteiger partial charge in [0.1, 0.15) is 11.5 Å². The topological polar surface area (TPSA) is 80.9 Å². The maximum Gasteiger partial charge on any atom is 0.275 e. The van der Waals surface area contributed by atoms with Crippen molar-refractivity contribution in [2.24, 2.45) is 0 Å². The van der Waals surface area contributed by atoms with Crippen LogP contribution in [-0.2, 0) is 12.8 Å². The van der Waals surface area contributed by atoms with E-state index in [2.05, 4.69) is 21.4 Å². The molecule has 0 spiro atoms. The molecule has 3 rings (SSSR count). The highest BCUT2D eigenvalue weighted by molar-refractivity contribution is 6.03. The summed E-state index contributed by atoms with van der Waals surface area (Å²) in [4.78, 5) is 20.1. The zero-order valence-electron chi connectivity index (χ0n) is 11.1. The van der Waals surface area contributed by atoms with Gasteiger partial charge in [0.15, 0.2) is 0 Å². The highest BCUT2D eigenvalue weighted by Gasteiger charge is 2.15. The van der Waals surface area contributed by atoms with Gasteiger partial charge in [-0.1, -0.05) is 12.1 Å². The predicted molar refractivity (Wildman–Crippen MR) is 77.5 cm³/mol. The number of rotatable bonds is 2. The van der Waals surface area contributed by atoms with Crippen LogP contribution < -0.4 is 11.1 Å². The fourth-order valence-corrected chi connectivity index (χ4v) is 2.58. The van der Waals surface area contributed by atoms with Gasteiger partial charge >= 0.3 is 0 Å². The minimum absolute atomic E-state index is 0.235. The highest BCUT2D eigenvalue weighted by Crippen LogP contribution is 2.28. The molecule has 0 saturated heterocycles. The van der Waals surface area contributed by atoms with Gasteiger partial charge in [0.25, 0.3) is 5.91 Å². The molecule has 0 saturated carbocycles. The van der Waals surface area contributed by atoms with Gasteiger partial charge < -0.3 is 11.1 Å². The van der Waals surface area contributed by atoms with Crippen molar-refractivity contribution in [3.05, 3.63) is 47.4 Å². The minimum Gasteiger partial charge on any atom is -0.382 e. The zero-order valence-corrected chi connectivity index (χ0v) is 11.1. The number of aromatic nitrogens is 2. The number of benzene rings is 1. The van der Waals surface area contributed by atoms with Crippen LogP contribution in [0.5, 0.6) is 0 Å². The van der Waals surface area contributed by atoms with Crippen molar-refractivity contribution >= 4 is 17.4 Å². The largest absolute Gasteiger partial charge is 0.382 e. The van der Waals surface area contributed by atoms with Gasteiger partial charge in [-0.2, -0.15) is 0 Å². The van der Waals surface area contributed by atoms with Gasteiger partial charge in [-0.25, -0.2) is 4.98 Å². The van der Waals surface area contributed by atoms with E-state index in [1.165, 1.54) is 29.9 Å². The molecule has 5 nitrogen and oxygen atoms in total. The number of carbonyl (C=O) groups is 1. The number of nitrogens with two attached hydrogens (primary N) is 1. The Morgan fingerprint density at radius 2 is 2.05 bits per heavy atom. The van der Waals surface area contributed by atoms with Gasteiger partial charge in [-0.3, -0.25) is 9.78 Å². The Balaban J connectivity index is 1.86. The first-order valence-corrected chi connectivity index (χ1v) is 6.73. The molecule has 0 fully saturated rings. The summed E-state index contributed by atoms with van der Waals surface area (Å²) < 4.78 is 0. The van der Waals surface area contributed by atoms with Crippen LogP contribution in [0, 0.1) is 0 Å². The first-order chi connectivity index (χ1) is 9.74. The van der Waals surface area contributed by atoms with Crippen molar-refractivity contribution in [2.75, 3.05) is 11.1 Å². The Morgan fingerprint density at radius 3 is 2.90 bits per heavy atom. The maximum atomic E-state index is 12.2. The molecule has 2 aromatic rings. The second kappa shape index (κ2) is 5.28. The third-order valence-electron chi connectivity index (χ3n) is 3.53. The molecule has 0 aliphatic heterocycles. The van der Waals surface area contributed by atoms with Gasteiger partial charge in [0, 0.05) is 5.69 Å². The summed E-state index contributed by atoms with van der Waals surface area (Å²) in [5.74, 6) is -0.0310. The fourth-order valence-electron chi connectivity index (χ4n) is 2.58. The van der Waals surface area contributed by atoms with Crippen molar-refractivity contribution in [3.8, 4) is 0 Å². The van der Waals surface area contributed by atoms with Crippen LogP contribution in [0.25, 0.3) is 0 Å². The van der Waals surface area contributed by atoms with Gasteiger partial charge in [-0.15, -0.1) is 0 Å². The van der Waals surface area contributed by atoms with Crippen molar-refractivity contribution < 1.29 is 4.79 Å². The summed E-state index contributed by atoms with van der Waals surface area (Å²) in [6.07, 6.45) is 7.30. The van der Waals surface area contributed by atoms with Crippen molar-refractivity contribution in [1.29, 1.82) is 0 Å². The minimum atomic E-state index is -0.274. The number of hydrogen-bond donors (Lipinski definition) is 2. The van der Waals surface area contributed by atoms with Crippen LogP contribution in [0.2, 0.25) is 0 Å². The van der Waals surface area contributed by atoms with E-state index in [4.69, 9.17) is 5.73 Å². The summed E-state index contributed by atoms with van der Waals surface area (Å²) in [7, 11) is 0. The van der Waals surface area contributed by atoms with E-state index < -0.39 is 0 Å². The summed E-state index contributed by atoms with van der Waals surface area (Å²) in [5, 5.41) is 2.92. The van der Waals surface area contributed by atoms with E-state index >= 15 is 0 Å². The molecule has 0 radical (unpaired) electrons. The average molecular weight is 268 g/mol. The molecule has 0 unspecified atom stereocenters. The smallest absolute Gasteiger partial charge is 0.275 e. The highest BCUT2D eigenvalue weighted by atomic mass is 16.1. The number of carbonyl (C=O) groups excluding carboxylic acids is 1. The molecule has 1 aliphatic rings. The van der Waals surface area contributed by atoms with Crippen molar-refractivity contribution in [2.45, 2.75) is 25.7 Å². The molecular weight excluding hydrogens is 252 g/mol. The monoisotopic (exact) mass is 268 g/mol. The summed E-state index contributed by atoms with van der Waals surface area (Å²) >= 11 is 0. The number of fused-ring (bicyclic) bond motifs is 1. The molecule has 3 N–H and O–H groups in total. The Kier molecular flexibility index (Phi) is 3.33. The number of hydrogen-bond acceptors (Lipinski definition) is 4. The molecule has 0 atom stereocenters. The lowest BCUT2D eigenvalue weighted by Crippen LogP contribution is -2.17. The second-order valence-corrected chi connectivity index (χ2v) is 4.93. The van der Waals surface area contributed by atoms with Crippen LogP contribution in [0.3, 0.4) is 0 Å². The molecule has 1 aliphatic carbocycles. The molecule has 1 aromatic heterocycles. The number of nitrogen functional groups attached to an aromatic ring is 1. The number of nitrogens with zero attached hydrogens (tertiary/aromatic N) is 2. The van der Waals surface area contributed by atoms with Gasteiger partial charge in [0.05, 0.1) is 12.4 Å². The maximum absolute atomic E-state index is 12.2. The first-order valence-electron chi connectivity index (χ1n) is 6.73. The Bertz CT molecular complexity index is 654. The van der Waals surface area contributed by atoms with Crippen LogP contribution >= 0.6 is 0 Å². The normalized spacial score (nSPS) is 13.6. The van der Waals surface area contributed by atoms with Crippen LogP contribution in [0.4, 0.5) is 11.5 Å². The molecule has 5 heteroatoms. The zero-order chi connectivity index (χ0) is 13.9. The van der Waals surface area contributed by atoms with Crippen LogP contribution in [0.1, 0.15) is 34.5 Å². The van der Waals surface area contributed by atoms with Crippen molar-refractivity contribution in [1.82, 2.24) is 9.97 Å². The standard InChI is InChI=1S/C15H16N4O/c16-14-9-17-8-13(18-14)15(20)19-12-7-3-5-10-4-1-2-6-11(10)12/h3,5,7-9H,1-2,4,6H2,(H2,16,18)(H,19,20). The lowest BCUT2D eigenvalue weighted by molar-refractivity contribution is 0.102. The Morgan fingerprint density at radius 1 is 1.20 bits per heavy atom. The lowest BCUT2D eigenvalue weighted by Gasteiger charge is -2.19. The second-order valence-electron chi connectivity index (χ2n) is 4.93. The number of anilines is 2. The summed E-state index contributed by atoms with van der Waals surface area (Å²) in [6.45, 7) is 0. The van der Waals surface area contributed by atoms with E-state index in [1.54, 1.807) is 0 Å². The Labute approximate surface area is 117 Å². The van der Waals surface area contributed by atoms with Gasteiger partial charge in [0.2, 0.25) is 0 Å². The molecular formula is C15H16N4O. The Hall–Kier alpha value is -2.43. The molecule has 0 bridgehead atoms. The molecule has 1 aromatic carbocycles. The SMILES string of the molecule is Nc1cncc(C(=O)Nc2cccc3c2CCCC3)n1. The van der Waals surface area contributed by atoms with Crippen LogP contribution in [0.15, 0.2) is 30.6 Å². The molecule has 1 heterocycles. The number of nitrogens with one attached hydrogen (secondary N) is 1. The van der Waals surface area contributed by atoms with E-state index in [9.17, 15) is 4.79 Å². The predicted octanol–water partition coefficient (Wildman–Crippen LogP) is 2.19. The molecule has 102 valence electrons.